The van der Waals surface area contributed by atoms with Gasteiger partial charge in [-0.1, -0.05) is 6.92 Å². The molecule has 28 heavy (non-hydrogen) atoms. The zero-order valence-electron chi connectivity index (χ0n) is 16.1. The van der Waals surface area contributed by atoms with E-state index in [0.717, 1.165) is 0 Å². The summed E-state index contributed by atoms with van der Waals surface area (Å²) < 4.78 is 5.72. The average molecular weight is 413 g/mol. The van der Waals surface area contributed by atoms with Gasteiger partial charge in [-0.05, 0) is 20.3 Å². The number of amides is 2. The molecular formula is C18H27N3O6S. The van der Waals surface area contributed by atoms with Gasteiger partial charge in [0.2, 0.25) is 11.8 Å². The number of nitrogens with one attached hydrogen (secondary N) is 1. The number of nitrogens with zero attached hydrogens (tertiary/aromatic N) is 1. The standard InChI is InChI=1S/C18H27N3O6S/c1-7-13-12(9(3)22)17(24)21(13)14(18(25)26)15(7)28-11-4-5-27-10(11)6-20-16(23)8(2)19/h7-13,22H,4-6,19H2,1-3H3,(H,20,23)(H,25,26)/t7-,8+,9-,10-,11-,12-,13-/m1/s1. The summed E-state index contributed by atoms with van der Waals surface area (Å²) in [4.78, 5) is 38.0. The van der Waals surface area contributed by atoms with Gasteiger partial charge in [0.1, 0.15) is 5.70 Å². The molecule has 3 heterocycles. The van der Waals surface area contributed by atoms with Crippen LogP contribution in [0.3, 0.4) is 0 Å². The number of carbonyl (C=O) groups is 3. The highest BCUT2D eigenvalue weighted by Crippen LogP contribution is 2.52. The lowest BCUT2D eigenvalue weighted by Crippen LogP contribution is -2.63. The van der Waals surface area contributed by atoms with Gasteiger partial charge in [-0.3, -0.25) is 9.59 Å². The fourth-order valence-corrected chi connectivity index (χ4v) is 5.68. The van der Waals surface area contributed by atoms with E-state index in [1.54, 1.807) is 13.8 Å². The highest BCUT2D eigenvalue weighted by atomic mass is 32.2. The molecule has 0 bridgehead atoms. The van der Waals surface area contributed by atoms with Crippen LogP contribution in [-0.4, -0.2) is 75.6 Å². The molecular weight excluding hydrogens is 386 g/mol. The quantitative estimate of drug-likeness (QED) is 0.409. The lowest BCUT2D eigenvalue weighted by molar-refractivity contribution is -0.163. The van der Waals surface area contributed by atoms with Crippen molar-refractivity contribution in [2.24, 2.45) is 17.6 Å². The number of carboxylic acid groups (broad SMARTS) is 1. The van der Waals surface area contributed by atoms with E-state index in [0.29, 0.717) is 24.5 Å². The van der Waals surface area contributed by atoms with Crippen molar-refractivity contribution in [3.63, 3.8) is 0 Å². The third kappa shape index (κ3) is 3.54. The number of β-lactam (4-membered cyclic amide) rings is 1. The maximum absolute atomic E-state index is 12.4. The van der Waals surface area contributed by atoms with E-state index in [2.05, 4.69) is 5.32 Å². The van der Waals surface area contributed by atoms with E-state index in [-0.39, 0.29) is 40.8 Å². The molecule has 3 aliphatic rings. The summed E-state index contributed by atoms with van der Waals surface area (Å²) in [5.41, 5.74) is 5.57. The molecule has 0 saturated carbocycles. The Labute approximate surface area is 167 Å². The molecule has 2 amide bonds. The van der Waals surface area contributed by atoms with Gasteiger partial charge >= 0.3 is 5.97 Å². The average Bonchev–Trinajstić information content (AvgIpc) is 3.14. The van der Waals surface area contributed by atoms with Crippen LogP contribution in [0.25, 0.3) is 0 Å². The molecule has 9 nitrogen and oxygen atoms in total. The van der Waals surface area contributed by atoms with Crippen LogP contribution in [0.15, 0.2) is 10.6 Å². The van der Waals surface area contributed by atoms with Crippen LogP contribution in [0.5, 0.6) is 0 Å². The Balaban J connectivity index is 1.76. The summed E-state index contributed by atoms with van der Waals surface area (Å²) in [6, 6.07) is -0.949. The molecule has 3 rings (SSSR count). The maximum Gasteiger partial charge on any atom is 0.353 e. The molecule has 0 aliphatic carbocycles. The smallest absolute Gasteiger partial charge is 0.353 e. The number of rotatable bonds is 7. The second-order valence-corrected chi connectivity index (χ2v) is 8.94. The number of hydrogen-bond acceptors (Lipinski definition) is 7. The second kappa shape index (κ2) is 8.02. The van der Waals surface area contributed by atoms with Crippen molar-refractivity contribution in [1.29, 1.82) is 0 Å². The van der Waals surface area contributed by atoms with Gasteiger partial charge in [0.15, 0.2) is 0 Å². The molecule has 2 saturated heterocycles. The predicted octanol–water partition coefficient (Wildman–Crippen LogP) is -0.506. The van der Waals surface area contributed by atoms with E-state index in [1.807, 2.05) is 6.92 Å². The van der Waals surface area contributed by atoms with Gasteiger partial charge < -0.3 is 30.9 Å². The first-order valence-corrected chi connectivity index (χ1v) is 10.3. The first kappa shape index (κ1) is 21.1. The van der Waals surface area contributed by atoms with Gasteiger partial charge in [-0.25, -0.2) is 4.79 Å². The van der Waals surface area contributed by atoms with Gasteiger partial charge in [0.25, 0.3) is 0 Å². The SMILES string of the molecule is C[C@H](N)C(=O)NC[C@H]1OCC[C@H]1SC1=C(C(=O)O)N2C(=O)[C@H]([C@@H](C)O)[C@H]2[C@H]1C. The molecule has 0 aromatic rings. The third-order valence-electron chi connectivity index (χ3n) is 5.63. The summed E-state index contributed by atoms with van der Waals surface area (Å²) in [5, 5.41) is 22.3. The highest BCUT2D eigenvalue weighted by molar-refractivity contribution is 8.03. The van der Waals surface area contributed by atoms with Crippen molar-refractivity contribution in [3.8, 4) is 0 Å². The molecule has 0 spiro atoms. The lowest BCUT2D eigenvalue weighted by Gasteiger charge is -2.46. The van der Waals surface area contributed by atoms with Gasteiger partial charge in [-0.2, -0.15) is 0 Å². The predicted molar refractivity (Wildman–Crippen MR) is 102 cm³/mol. The minimum atomic E-state index is -1.14. The number of thioether (sulfide) groups is 1. The molecule has 2 fully saturated rings. The van der Waals surface area contributed by atoms with E-state index in [9.17, 15) is 24.6 Å². The third-order valence-corrected chi connectivity index (χ3v) is 7.29. The number of ether oxygens (including phenoxy) is 1. The van der Waals surface area contributed by atoms with E-state index in [4.69, 9.17) is 10.5 Å². The Morgan fingerprint density at radius 3 is 2.68 bits per heavy atom. The van der Waals surface area contributed by atoms with Crippen molar-refractivity contribution in [2.75, 3.05) is 13.2 Å². The lowest BCUT2D eigenvalue weighted by atomic mass is 9.79. The summed E-state index contributed by atoms with van der Waals surface area (Å²) in [6.45, 7) is 5.86. The number of fused-ring (bicyclic) bond motifs is 1. The summed E-state index contributed by atoms with van der Waals surface area (Å²) >= 11 is 1.41. The van der Waals surface area contributed by atoms with E-state index in [1.165, 1.54) is 16.7 Å². The molecule has 7 atom stereocenters. The normalized spacial score (nSPS) is 34.1. The summed E-state index contributed by atoms with van der Waals surface area (Å²) in [7, 11) is 0. The van der Waals surface area contributed by atoms with Crippen molar-refractivity contribution >= 4 is 29.5 Å². The van der Waals surface area contributed by atoms with Crippen LogP contribution >= 0.6 is 11.8 Å². The first-order valence-electron chi connectivity index (χ1n) is 9.45. The maximum atomic E-state index is 12.4. The van der Waals surface area contributed by atoms with Crippen molar-refractivity contribution < 1.29 is 29.3 Å². The highest BCUT2D eigenvalue weighted by Gasteiger charge is 2.60. The van der Waals surface area contributed by atoms with Crippen LogP contribution in [0, 0.1) is 11.8 Å². The minimum absolute atomic E-state index is 0.00895. The summed E-state index contributed by atoms with van der Waals surface area (Å²) in [5.74, 6) is -2.52. The van der Waals surface area contributed by atoms with Crippen LogP contribution < -0.4 is 11.1 Å². The van der Waals surface area contributed by atoms with Gasteiger partial charge in [0, 0.05) is 29.2 Å². The first-order chi connectivity index (χ1) is 13.1. The molecule has 5 N–H and O–H groups in total. The van der Waals surface area contributed by atoms with Gasteiger partial charge in [-0.15, -0.1) is 11.8 Å². The number of carbonyl (C=O) groups excluding carboxylic acids is 2. The van der Waals surface area contributed by atoms with Crippen LogP contribution in [0.2, 0.25) is 0 Å². The van der Waals surface area contributed by atoms with E-state index < -0.39 is 24.0 Å². The minimum Gasteiger partial charge on any atom is -0.477 e. The Kier molecular flexibility index (Phi) is 6.04. The van der Waals surface area contributed by atoms with Crippen molar-refractivity contribution in [3.05, 3.63) is 10.6 Å². The van der Waals surface area contributed by atoms with Crippen molar-refractivity contribution in [1.82, 2.24) is 10.2 Å². The molecule has 0 unspecified atom stereocenters. The number of hydrogen-bond donors (Lipinski definition) is 4. The van der Waals surface area contributed by atoms with Crippen LogP contribution in [0.4, 0.5) is 0 Å². The van der Waals surface area contributed by atoms with Crippen LogP contribution in [-0.2, 0) is 19.1 Å². The monoisotopic (exact) mass is 413 g/mol. The van der Waals surface area contributed by atoms with Crippen molar-refractivity contribution in [2.45, 2.75) is 56.7 Å². The number of aliphatic carboxylic acids is 1. The topological polar surface area (TPSA) is 142 Å². The fourth-order valence-electron chi connectivity index (χ4n) is 4.16. The Hall–Kier alpha value is -1.62. The molecule has 3 aliphatic heterocycles. The molecule has 10 heteroatoms. The Morgan fingerprint density at radius 2 is 2.11 bits per heavy atom. The molecule has 0 aromatic heterocycles. The van der Waals surface area contributed by atoms with E-state index >= 15 is 0 Å². The molecule has 156 valence electrons. The Morgan fingerprint density at radius 1 is 1.43 bits per heavy atom. The Bertz CT molecular complexity index is 709. The second-order valence-electron chi connectivity index (χ2n) is 7.66. The van der Waals surface area contributed by atoms with Gasteiger partial charge in [0.05, 0.1) is 30.2 Å². The number of nitrogens with two attached hydrogens (primary N) is 1. The fraction of sp³-hybridized carbons (Fsp3) is 0.722. The molecule has 0 radical (unpaired) electrons. The van der Waals surface area contributed by atoms with Crippen LogP contribution in [0.1, 0.15) is 27.2 Å². The summed E-state index contributed by atoms with van der Waals surface area (Å²) in [6.07, 6.45) is -0.379. The number of aliphatic hydroxyl groups excluding tert-OH is 1. The largest absolute Gasteiger partial charge is 0.477 e. The molecule has 0 aromatic carbocycles. The number of aliphatic hydroxyl groups is 1. The number of carboxylic acids is 1. The zero-order valence-corrected chi connectivity index (χ0v) is 16.9. The zero-order chi connectivity index (χ0) is 20.7.